The number of fused-ring (bicyclic) bond motifs is 1. The predicted molar refractivity (Wildman–Crippen MR) is 75.8 cm³/mol. The molecule has 3 N–H and O–H groups in total. The molecule has 0 radical (unpaired) electrons. The number of nitrogens with zero attached hydrogens (tertiary/aromatic N) is 2. The van der Waals surface area contributed by atoms with E-state index in [1.807, 2.05) is 30.3 Å². The molecule has 92 valence electrons. The number of hydrogen-bond acceptors (Lipinski definition) is 4. The molecule has 0 unspecified atom stereocenters. The van der Waals surface area contributed by atoms with E-state index in [-0.39, 0.29) is 0 Å². The van der Waals surface area contributed by atoms with Gasteiger partial charge in [-0.25, -0.2) is 4.98 Å². The molecule has 5 heteroatoms. The summed E-state index contributed by atoms with van der Waals surface area (Å²) in [5, 5.41) is 11.6. The van der Waals surface area contributed by atoms with Gasteiger partial charge < -0.3 is 10.7 Å². The van der Waals surface area contributed by atoms with Crippen LogP contribution in [0.25, 0.3) is 10.9 Å². The molecule has 3 aromatic rings. The summed E-state index contributed by atoms with van der Waals surface area (Å²) in [6.07, 6.45) is 1.53. The van der Waals surface area contributed by atoms with E-state index in [1.54, 1.807) is 6.07 Å². The second-order valence-corrected chi connectivity index (χ2v) is 5.08. The van der Waals surface area contributed by atoms with E-state index in [1.165, 1.54) is 18.0 Å². The molecule has 0 spiro atoms. The van der Waals surface area contributed by atoms with Gasteiger partial charge in [-0.05, 0) is 18.2 Å². The molecule has 0 atom stereocenters. The molecule has 2 aromatic heterocycles. The van der Waals surface area contributed by atoms with Gasteiger partial charge in [0.25, 0.3) is 0 Å². The lowest BCUT2D eigenvalue weighted by molar-refractivity contribution is 1.12. The number of anilines is 1. The van der Waals surface area contributed by atoms with Crippen molar-refractivity contribution in [2.45, 2.75) is 10.1 Å². The van der Waals surface area contributed by atoms with Crippen LogP contribution in [0.15, 0.2) is 52.6 Å². The summed E-state index contributed by atoms with van der Waals surface area (Å²) in [4.78, 5) is 7.51. The predicted octanol–water partition coefficient (Wildman–Crippen LogP) is 3.17. The summed E-state index contributed by atoms with van der Waals surface area (Å²) < 4.78 is 0. The van der Waals surface area contributed by atoms with Gasteiger partial charge in [0.1, 0.15) is 11.1 Å². The highest BCUT2D eigenvalue weighted by atomic mass is 32.2. The van der Waals surface area contributed by atoms with Gasteiger partial charge in [0, 0.05) is 17.1 Å². The van der Waals surface area contributed by atoms with Crippen LogP contribution in [0, 0.1) is 11.3 Å². The molecule has 0 saturated heterocycles. The van der Waals surface area contributed by atoms with Gasteiger partial charge in [0.15, 0.2) is 0 Å². The summed E-state index contributed by atoms with van der Waals surface area (Å²) in [7, 11) is 0. The number of pyridine rings is 1. The molecule has 0 amide bonds. The van der Waals surface area contributed by atoms with Crippen LogP contribution < -0.4 is 5.73 Å². The van der Waals surface area contributed by atoms with Crippen LogP contribution in [-0.2, 0) is 0 Å². The van der Waals surface area contributed by atoms with Crippen LogP contribution in [0.4, 0.5) is 5.69 Å². The number of para-hydroxylation sites is 1. The number of benzene rings is 1. The van der Waals surface area contributed by atoms with Crippen molar-refractivity contribution in [2.75, 3.05) is 5.73 Å². The number of nitrogens with one attached hydrogen (secondary N) is 1. The molecule has 1 aromatic carbocycles. The van der Waals surface area contributed by atoms with Crippen molar-refractivity contribution in [3.63, 3.8) is 0 Å². The van der Waals surface area contributed by atoms with E-state index in [2.05, 4.69) is 16.0 Å². The maximum atomic E-state index is 8.78. The summed E-state index contributed by atoms with van der Waals surface area (Å²) in [6.45, 7) is 0. The van der Waals surface area contributed by atoms with Crippen molar-refractivity contribution in [3.8, 4) is 6.07 Å². The van der Waals surface area contributed by atoms with Gasteiger partial charge in [0.05, 0.1) is 16.3 Å². The Labute approximate surface area is 114 Å². The highest BCUT2D eigenvalue weighted by molar-refractivity contribution is 7.99. The highest BCUT2D eigenvalue weighted by Crippen LogP contribution is 2.31. The minimum Gasteiger partial charge on any atom is -0.396 e. The van der Waals surface area contributed by atoms with Crippen molar-refractivity contribution >= 4 is 28.4 Å². The molecular weight excluding hydrogens is 256 g/mol. The van der Waals surface area contributed by atoms with Crippen LogP contribution in [0.2, 0.25) is 0 Å². The third-order valence-electron chi connectivity index (χ3n) is 2.72. The van der Waals surface area contributed by atoms with Crippen LogP contribution in [-0.4, -0.2) is 9.97 Å². The first-order chi connectivity index (χ1) is 9.26. The third-order valence-corrected chi connectivity index (χ3v) is 3.69. The van der Waals surface area contributed by atoms with E-state index in [0.29, 0.717) is 16.3 Å². The molecule has 4 nitrogen and oxygen atoms in total. The van der Waals surface area contributed by atoms with Crippen molar-refractivity contribution < 1.29 is 0 Å². The summed E-state index contributed by atoms with van der Waals surface area (Å²) >= 11 is 1.46. The number of nitriles is 1. The smallest absolute Gasteiger partial charge is 0.125 e. The lowest BCUT2D eigenvalue weighted by Crippen LogP contribution is -1.93. The summed E-state index contributed by atoms with van der Waals surface area (Å²) in [5.41, 5.74) is 7.96. The monoisotopic (exact) mass is 266 g/mol. The van der Waals surface area contributed by atoms with Gasteiger partial charge in [-0.15, -0.1) is 0 Å². The van der Waals surface area contributed by atoms with Gasteiger partial charge >= 0.3 is 0 Å². The van der Waals surface area contributed by atoms with E-state index >= 15 is 0 Å². The Hall–Kier alpha value is -2.45. The first kappa shape index (κ1) is 11.6. The standard InChI is InChI=1S/C14H10N4S/c15-7-9-5-11(16)14(17-8-9)19-13-6-10-3-1-2-4-12(10)18-13/h1-6,8,18H,16H2. The van der Waals surface area contributed by atoms with E-state index in [0.717, 1.165) is 15.9 Å². The number of aromatic amines is 1. The van der Waals surface area contributed by atoms with Gasteiger partial charge in [-0.3, -0.25) is 0 Å². The molecule has 0 bridgehead atoms. The largest absolute Gasteiger partial charge is 0.396 e. The lowest BCUT2D eigenvalue weighted by Gasteiger charge is -2.02. The fourth-order valence-corrected chi connectivity index (χ4v) is 2.66. The first-order valence-corrected chi connectivity index (χ1v) is 6.49. The van der Waals surface area contributed by atoms with Crippen LogP contribution in [0.5, 0.6) is 0 Å². The topological polar surface area (TPSA) is 78.5 Å². The van der Waals surface area contributed by atoms with Crippen molar-refractivity contribution in [2.24, 2.45) is 0 Å². The van der Waals surface area contributed by atoms with Crippen molar-refractivity contribution in [1.29, 1.82) is 5.26 Å². The molecule has 0 aliphatic heterocycles. The summed E-state index contributed by atoms with van der Waals surface area (Å²) in [6, 6.07) is 13.8. The zero-order chi connectivity index (χ0) is 13.2. The lowest BCUT2D eigenvalue weighted by atomic mass is 10.3. The zero-order valence-corrected chi connectivity index (χ0v) is 10.7. The maximum Gasteiger partial charge on any atom is 0.125 e. The first-order valence-electron chi connectivity index (χ1n) is 5.67. The fraction of sp³-hybridized carbons (Fsp3) is 0. The average Bonchev–Trinajstić information content (AvgIpc) is 2.83. The Morgan fingerprint density at radius 3 is 2.84 bits per heavy atom. The molecule has 0 fully saturated rings. The Morgan fingerprint density at radius 1 is 1.26 bits per heavy atom. The van der Waals surface area contributed by atoms with Crippen molar-refractivity contribution in [1.82, 2.24) is 9.97 Å². The quantitative estimate of drug-likeness (QED) is 0.746. The highest BCUT2D eigenvalue weighted by Gasteiger charge is 2.07. The molecule has 0 saturated carbocycles. The molecule has 0 aliphatic carbocycles. The second-order valence-electron chi connectivity index (χ2n) is 4.05. The third kappa shape index (κ3) is 2.26. The van der Waals surface area contributed by atoms with E-state index < -0.39 is 0 Å². The average molecular weight is 266 g/mol. The van der Waals surface area contributed by atoms with E-state index in [4.69, 9.17) is 11.0 Å². The number of H-pyrrole nitrogens is 1. The number of nitrogen functional groups attached to an aromatic ring is 1. The molecular formula is C14H10N4S. The second kappa shape index (κ2) is 4.67. The molecule has 3 rings (SSSR count). The number of aromatic nitrogens is 2. The van der Waals surface area contributed by atoms with Crippen molar-refractivity contribution in [3.05, 3.63) is 48.2 Å². The van der Waals surface area contributed by atoms with Gasteiger partial charge in [-0.2, -0.15) is 5.26 Å². The van der Waals surface area contributed by atoms with Crippen LogP contribution in [0.3, 0.4) is 0 Å². The minimum absolute atomic E-state index is 0.471. The zero-order valence-electron chi connectivity index (χ0n) is 9.92. The SMILES string of the molecule is N#Cc1cnc(Sc2cc3ccccc3[nH]2)c(N)c1. The number of hydrogen-bond donors (Lipinski definition) is 2. The number of rotatable bonds is 2. The Kier molecular flexibility index (Phi) is 2.86. The number of nitrogens with two attached hydrogens (primary N) is 1. The Balaban J connectivity index is 1.94. The molecule has 2 heterocycles. The van der Waals surface area contributed by atoms with Gasteiger partial charge in [-0.1, -0.05) is 30.0 Å². The van der Waals surface area contributed by atoms with E-state index in [9.17, 15) is 0 Å². The Bertz CT molecular complexity index is 752. The van der Waals surface area contributed by atoms with Gasteiger partial charge in [0.2, 0.25) is 0 Å². The maximum absolute atomic E-state index is 8.78. The van der Waals surface area contributed by atoms with Crippen LogP contribution >= 0.6 is 11.8 Å². The normalized spacial score (nSPS) is 10.5. The van der Waals surface area contributed by atoms with Crippen LogP contribution in [0.1, 0.15) is 5.56 Å². The minimum atomic E-state index is 0.471. The molecule has 19 heavy (non-hydrogen) atoms. The molecule has 0 aliphatic rings. The summed E-state index contributed by atoms with van der Waals surface area (Å²) in [5.74, 6) is 0. The fourth-order valence-electron chi connectivity index (χ4n) is 1.82. The Morgan fingerprint density at radius 2 is 2.11 bits per heavy atom.